The van der Waals surface area contributed by atoms with E-state index < -0.39 is 0 Å². The molecule has 0 N–H and O–H groups in total. The third kappa shape index (κ3) is 4.69. The van der Waals surface area contributed by atoms with Crippen molar-refractivity contribution in [2.24, 2.45) is 0 Å². The van der Waals surface area contributed by atoms with Gasteiger partial charge in [-0.2, -0.15) is 0 Å². The summed E-state index contributed by atoms with van der Waals surface area (Å²) < 4.78 is 16.6. The van der Waals surface area contributed by atoms with Crippen LogP contribution in [0.25, 0.3) is 11.3 Å². The number of hydrogen-bond donors (Lipinski definition) is 0. The molecule has 0 unspecified atom stereocenters. The van der Waals surface area contributed by atoms with Crippen LogP contribution in [0.2, 0.25) is 5.02 Å². The lowest BCUT2D eigenvalue weighted by molar-refractivity contribution is -0.132. The number of hydrogen-bond acceptors (Lipinski definition) is 5. The molecule has 162 valence electrons. The van der Waals surface area contributed by atoms with Gasteiger partial charge in [-0.25, -0.2) is 4.98 Å². The van der Waals surface area contributed by atoms with E-state index in [0.29, 0.717) is 41.0 Å². The molecule has 1 fully saturated rings. The normalized spacial score (nSPS) is 15.8. The van der Waals surface area contributed by atoms with Crippen LogP contribution in [0.3, 0.4) is 0 Å². The van der Waals surface area contributed by atoms with Gasteiger partial charge in [0.1, 0.15) is 0 Å². The molecule has 3 aromatic rings. The van der Waals surface area contributed by atoms with E-state index in [1.807, 2.05) is 47.4 Å². The lowest BCUT2D eigenvalue weighted by Gasteiger charge is -2.25. The Hall–Kier alpha value is -2.99. The van der Waals surface area contributed by atoms with Crippen molar-refractivity contribution >= 4 is 17.5 Å². The Balaban J connectivity index is 1.41. The highest BCUT2D eigenvalue weighted by Crippen LogP contribution is 2.37. The minimum Gasteiger partial charge on any atom is -0.493 e. The van der Waals surface area contributed by atoms with Crippen molar-refractivity contribution < 1.29 is 18.7 Å². The van der Waals surface area contributed by atoms with E-state index in [1.165, 1.54) is 0 Å². The van der Waals surface area contributed by atoms with Crippen LogP contribution < -0.4 is 9.47 Å². The number of oxazole rings is 1. The van der Waals surface area contributed by atoms with Gasteiger partial charge in [-0.05, 0) is 54.8 Å². The molecule has 0 radical (unpaired) electrons. The van der Waals surface area contributed by atoms with E-state index in [-0.39, 0.29) is 11.9 Å². The average molecular weight is 441 g/mol. The minimum absolute atomic E-state index is 0.0431. The van der Waals surface area contributed by atoms with Crippen LogP contribution in [-0.2, 0) is 11.2 Å². The van der Waals surface area contributed by atoms with Gasteiger partial charge in [0.25, 0.3) is 0 Å². The number of aromatic nitrogens is 1. The number of ether oxygens (including phenoxy) is 2. The first-order valence-electron chi connectivity index (χ1n) is 10.3. The van der Waals surface area contributed by atoms with Gasteiger partial charge in [-0.1, -0.05) is 17.7 Å². The second kappa shape index (κ2) is 9.43. The van der Waals surface area contributed by atoms with E-state index in [1.54, 1.807) is 20.4 Å². The summed E-state index contributed by atoms with van der Waals surface area (Å²) in [6.07, 6.45) is 4.41. The number of methoxy groups -OCH3 is 2. The van der Waals surface area contributed by atoms with Crippen molar-refractivity contribution in [3.63, 3.8) is 0 Å². The van der Waals surface area contributed by atoms with Gasteiger partial charge < -0.3 is 18.8 Å². The fourth-order valence-corrected chi connectivity index (χ4v) is 4.13. The molecule has 31 heavy (non-hydrogen) atoms. The maximum absolute atomic E-state index is 13.0. The Morgan fingerprint density at radius 2 is 1.94 bits per heavy atom. The molecule has 2 heterocycles. The summed E-state index contributed by atoms with van der Waals surface area (Å²) in [6, 6.07) is 13.3. The van der Waals surface area contributed by atoms with Crippen LogP contribution >= 0.6 is 11.6 Å². The molecule has 1 aliphatic rings. The number of nitrogens with zero attached hydrogens (tertiary/aromatic N) is 2. The molecule has 1 aromatic heterocycles. The largest absolute Gasteiger partial charge is 0.493 e. The molecular weight excluding hydrogens is 416 g/mol. The quantitative estimate of drug-likeness (QED) is 0.498. The second-order valence-corrected chi connectivity index (χ2v) is 7.92. The summed E-state index contributed by atoms with van der Waals surface area (Å²) in [5, 5.41) is 0.670. The maximum Gasteiger partial charge on any atom is 0.223 e. The van der Waals surface area contributed by atoms with Crippen LogP contribution in [0.1, 0.15) is 36.8 Å². The lowest BCUT2D eigenvalue weighted by atomic mass is 10.0. The predicted octanol–water partition coefficient (Wildman–Crippen LogP) is 5.31. The van der Waals surface area contributed by atoms with Crippen LogP contribution in [-0.4, -0.2) is 36.6 Å². The Bertz CT molecular complexity index is 1050. The smallest absolute Gasteiger partial charge is 0.223 e. The van der Waals surface area contributed by atoms with Crippen molar-refractivity contribution in [2.75, 3.05) is 20.8 Å². The van der Waals surface area contributed by atoms with E-state index >= 15 is 0 Å². The Morgan fingerprint density at radius 3 is 2.68 bits per heavy atom. The van der Waals surface area contributed by atoms with Crippen LogP contribution in [0.15, 0.2) is 53.1 Å². The maximum atomic E-state index is 13.0. The fraction of sp³-hybridized carbons (Fsp3) is 0.333. The van der Waals surface area contributed by atoms with Gasteiger partial charge in [0.05, 0.1) is 26.5 Å². The van der Waals surface area contributed by atoms with Crippen LogP contribution in [0.5, 0.6) is 11.5 Å². The molecule has 0 spiro atoms. The van der Waals surface area contributed by atoms with Gasteiger partial charge in [-0.15, -0.1) is 0 Å². The highest BCUT2D eigenvalue weighted by atomic mass is 35.5. The highest BCUT2D eigenvalue weighted by molar-refractivity contribution is 6.30. The summed E-state index contributed by atoms with van der Waals surface area (Å²) in [4.78, 5) is 19.3. The number of aryl methyl sites for hydroxylation is 1. The zero-order chi connectivity index (χ0) is 21.8. The Labute approximate surface area is 186 Å². The molecular formula is C24H25ClN2O4. The van der Waals surface area contributed by atoms with Gasteiger partial charge >= 0.3 is 0 Å². The molecule has 1 aliphatic heterocycles. The van der Waals surface area contributed by atoms with Crippen molar-refractivity contribution in [2.45, 2.75) is 31.7 Å². The molecule has 2 aromatic carbocycles. The molecule has 7 heteroatoms. The lowest BCUT2D eigenvalue weighted by Crippen LogP contribution is -2.30. The third-order valence-corrected chi connectivity index (χ3v) is 5.85. The number of carbonyl (C=O) groups excluding carboxylic acids is 1. The van der Waals surface area contributed by atoms with Crippen LogP contribution in [0, 0.1) is 0 Å². The second-order valence-electron chi connectivity index (χ2n) is 7.48. The van der Waals surface area contributed by atoms with Gasteiger partial charge in [0, 0.05) is 30.0 Å². The van der Waals surface area contributed by atoms with Gasteiger partial charge in [0.15, 0.2) is 23.1 Å². The topological polar surface area (TPSA) is 64.8 Å². The van der Waals surface area contributed by atoms with E-state index in [9.17, 15) is 4.79 Å². The number of benzene rings is 2. The molecule has 0 saturated carbocycles. The monoisotopic (exact) mass is 440 g/mol. The Kier molecular flexibility index (Phi) is 6.47. The van der Waals surface area contributed by atoms with E-state index in [0.717, 1.165) is 30.5 Å². The zero-order valence-corrected chi connectivity index (χ0v) is 18.4. The third-order valence-electron chi connectivity index (χ3n) is 5.60. The number of halogens is 1. The van der Waals surface area contributed by atoms with Crippen molar-refractivity contribution in [1.29, 1.82) is 0 Å². The number of carbonyl (C=O) groups is 1. The van der Waals surface area contributed by atoms with Gasteiger partial charge in [-0.3, -0.25) is 4.79 Å². The summed E-state index contributed by atoms with van der Waals surface area (Å²) in [6.45, 7) is 0.749. The minimum atomic E-state index is 0.0431. The van der Waals surface area contributed by atoms with E-state index in [4.69, 9.17) is 25.5 Å². The predicted molar refractivity (Wildman–Crippen MR) is 119 cm³/mol. The first kappa shape index (κ1) is 21.2. The molecule has 1 amide bonds. The van der Waals surface area contributed by atoms with Crippen LogP contribution in [0.4, 0.5) is 0 Å². The molecule has 0 aliphatic carbocycles. The summed E-state index contributed by atoms with van der Waals surface area (Å²) >= 11 is 5.94. The summed E-state index contributed by atoms with van der Waals surface area (Å²) in [5.41, 5.74) is 1.96. The molecule has 6 nitrogen and oxygen atoms in total. The summed E-state index contributed by atoms with van der Waals surface area (Å²) in [5.74, 6) is 2.68. The Morgan fingerprint density at radius 1 is 1.16 bits per heavy atom. The highest BCUT2D eigenvalue weighted by Gasteiger charge is 2.30. The zero-order valence-electron chi connectivity index (χ0n) is 17.6. The standard InChI is InChI=1S/C24H25ClN2O4/c1-29-20-10-7-17(14-21(20)30-2)19-4-3-13-27(19)24(28)12-11-23-26-15-22(31-23)16-5-8-18(25)9-6-16/h5-10,14-15,19H,3-4,11-13H2,1-2H3/t19-/m1/s1. The first-order chi connectivity index (χ1) is 15.1. The van der Waals surface area contributed by atoms with Crippen molar-refractivity contribution in [3.8, 4) is 22.8 Å². The molecule has 1 saturated heterocycles. The van der Waals surface area contributed by atoms with Crippen molar-refractivity contribution in [3.05, 3.63) is 65.1 Å². The number of rotatable bonds is 7. The number of likely N-dealkylation sites (tertiary alicyclic amines) is 1. The molecule has 4 rings (SSSR count). The molecule has 1 atom stereocenters. The molecule has 0 bridgehead atoms. The number of amides is 1. The van der Waals surface area contributed by atoms with Crippen molar-refractivity contribution in [1.82, 2.24) is 9.88 Å². The fourth-order valence-electron chi connectivity index (χ4n) is 4.00. The first-order valence-corrected chi connectivity index (χ1v) is 10.7. The average Bonchev–Trinajstić information content (AvgIpc) is 3.47. The van der Waals surface area contributed by atoms with E-state index in [2.05, 4.69) is 4.98 Å². The van der Waals surface area contributed by atoms with Gasteiger partial charge in [0.2, 0.25) is 5.91 Å². The summed E-state index contributed by atoms with van der Waals surface area (Å²) in [7, 11) is 3.23. The SMILES string of the molecule is COc1ccc([C@H]2CCCN2C(=O)CCc2ncc(-c3ccc(Cl)cc3)o2)cc1OC.